The lowest BCUT2D eigenvalue weighted by molar-refractivity contribution is 0.0945. The first-order chi connectivity index (χ1) is 14.4. The summed E-state index contributed by atoms with van der Waals surface area (Å²) >= 11 is 0. The average molecular weight is 404 g/mol. The molecule has 1 heterocycles. The summed E-state index contributed by atoms with van der Waals surface area (Å²) in [5.41, 5.74) is 9.49. The van der Waals surface area contributed by atoms with Gasteiger partial charge in [0.15, 0.2) is 11.5 Å². The van der Waals surface area contributed by atoms with Crippen molar-refractivity contribution in [2.75, 3.05) is 31.8 Å². The minimum absolute atomic E-state index is 0.0472. The van der Waals surface area contributed by atoms with E-state index in [1.807, 2.05) is 43.3 Å². The predicted octanol–water partition coefficient (Wildman–Crippen LogP) is 2.08. The van der Waals surface area contributed by atoms with Gasteiger partial charge in [0.25, 0.3) is 11.8 Å². The molecule has 0 saturated carbocycles. The minimum Gasteiger partial charge on any atom is -0.382 e. The number of benzene rings is 2. The van der Waals surface area contributed by atoms with Gasteiger partial charge in [0.2, 0.25) is 0 Å². The van der Waals surface area contributed by atoms with Crippen LogP contribution in [0.1, 0.15) is 26.4 Å². The van der Waals surface area contributed by atoms with E-state index in [2.05, 4.69) is 20.6 Å². The summed E-state index contributed by atoms with van der Waals surface area (Å²) in [7, 11) is 5.45. The average Bonchev–Trinajstić information content (AvgIpc) is 2.77. The standard InChI is InChI=1S/C22H24N6O2/c1-24-22(30)19-20(23)25-13-18(27-19)15-5-4-6-16(11-15)21(29)26-12-14-7-9-17(10-8-14)28(2)3/h4-11,13H,12H2,1-3H3,(H2,23,25)(H,24,30)(H,26,29). The summed E-state index contributed by atoms with van der Waals surface area (Å²) in [6.45, 7) is 0.416. The van der Waals surface area contributed by atoms with Crippen molar-refractivity contribution in [3.63, 3.8) is 0 Å². The topological polar surface area (TPSA) is 113 Å². The largest absolute Gasteiger partial charge is 0.382 e. The van der Waals surface area contributed by atoms with Crippen LogP contribution in [0.25, 0.3) is 11.3 Å². The van der Waals surface area contributed by atoms with Crippen LogP contribution in [0.5, 0.6) is 0 Å². The molecule has 3 aromatic rings. The third-order valence-corrected chi connectivity index (χ3v) is 4.57. The number of carbonyl (C=O) groups is 2. The molecular formula is C22H24N6O2. The molecule has 0 saturated heterocycles. The van der Waals surface area contributed by atoms with Crippen molar-refractivity contribution < 1.29 is 9.59 Å². The molecule has 0 fully saturated rings. The molecule has 0 atom stereocenters. The Balaban J connectivity index is 1.75. The number of hydrogen-bond donors (Lipinski definition) is 3. The number of hydrogen-bond acceptors (Lipinski definition) is 6. The van der Waals surface area contributed by atoms with Crippen LogP contribution in [0.2, 0.25) is 0 Å². The van der Waals surface area contributed by atoms with Gasteiger partial charge >= 0.3 is 0 Å². The molecule has 0 unspecified atom stereocenters. The lowest BCUT2D eigenvalue weighted by atomic mass is 10.1. The normalized spacial score (nSPS) is 10.4. The Morgan fingerprint density at radius 3 is 2.47 bits per heavy atom. The second-order valence-corrected chi connectivity index (χ2v) is 6.89. The summed E-state index contributed by atoms with van der Waals surface area (Å²) in [6, 6.07) is 15.0. The first-order valence-electron chi connectivity index (χ1n) is 9.38. The molecule has 0 aliphatic rings. The van der Waals surface area contributed by atoms with Gasteiger partial charge in [-0.1, -0.05) is 24.3 Å². The monoisotopic (exact) mass is 404 g/mol. The van der Waals surface area contributed by atoms with Crippen LogP contribution in [0.4, 0.5) is 11.5 Å². The quantitative estimate of drug-likeness (QED) is 0.580. The van der Waals surface area contributed by atoms with Crippen molar-refractivity contribution in [2.24, 2.45) is 0 Å². The zero-order valence-electron chi connectivity index (χ0n) is 17.1. The van der Waals surface area contributed by atoms with Crippen molar-refractivity contribution >= 4 is 23.3 Å². The SMILES string of the molecule is CNC(=O)c1nc(-c2cccc(C(=O)NCc3ccc(N(C)C)cc3)c2)cnc1N. The van der Waals surface area contributed by atoms with E-state index in [0.717, 1.165) is 11.3 Å². The number of anilines is 2. The maximum Gasteiger partial charge on any atom is 0.273 e. The molecule has 154 valence electrons. The molecule has 0 aliphatic heterocycles. The maximum absolute atomic E-state index is 12.6. The predicted molar refractivity (Wildman–Crippen MR) is 117 cm³/mol. The number of nitrogens with zero attached hydrogens (tertiary/aromatic N) is 3. The lowest BCUT2D eigenvalue weighted by Crippen LogP contribution is -2.23. The maximum atomic E-state index is 12.6. The van der Waals surface area contributed by atoms with Gasteiger partial charge in [-0.2, -0.15) is 0 Å². The van der Waals surface area contributed by atoms with E-state index in [9.17, 15) is 9.59 Å². The minimum atomic E-state index is -0.420. The number of carbonyl (C=O) groups excluding carboxylic acids is 2. The van der Waals surface area contributed by atoms with Crippen LogP contribution >= 0.6 is 0 Å². The fourth-order valence-corrected chi connectivity index (χ4v) is 2.84. The highest BCUT2D eigenvalue weighted by Gasteiger charge is 2.14. The van der Waals surface area contributed by atoms with E-state index in [1.54, 1.807) is 24.3 Å². The third kappa shape index (κ3) is 4.72. The summed E-state index contributed by atoms with van der Waals surface area (Å²) in [5.74, 6) is -0.577. The molecule has 0 spiro atoms. The molecule has 8 heteroatoms. The Kier molecular flexibility index (Phi) is 6.26. The van der Waals surface area contributed by atoms with Crippen molar-refractivity contribution in [1.29, 1.82) is 0 Å². The van der Waals surface area contributed by atoms with Gasteiger partial charge in [-0.3, -0.25) is 9.59 Å². The van der Waals surface area contributed by atoms with Crippen LogP contribution in [0, 0.1) is 0 Å². The third-order valence-electron chi connectivity index (χ3n) is 4.57. The molecule has 0 bridgehead atoms. The highest BCUT2D eigenvalue weighted by atomic mass is 16.2. The fourth-order valence-electron chi connectivity index (χ4n) is 2.84. The van der Waals surface area contributed by atoms with Crippen molar-refractivity contribution in [3.05, 3.63) is 71.5 Å². The summed E-state index contributed by atoms with van der Waals surface area (Å²) in [6.07, 6.45) is 1.48. The molecule has 0 radical (unpaired) electrons. The van der Waals surface area contributed by atoms with Gasteiger partial charge < -0.3 is 21.3 Å². The van der Waals surface area contributed by atoms with Crippen LogP contribution in [0.15, 0.2) is 54.7 Å². The van der Waals surface area contributed by atoms with E-state index in [-0.39, 0.29) is 17.4 Å². The Hall–Kier alpha value is -3.94. The van der Waals surface area contributed by atoms with E-state index in [1.165, 1.54) is 13.2 Å². The van der Waals surface area contributed by atoms with Crippen LogP contribution in [0.3, 0.4) is 0 Å². The number of aromatic nitrogens is 2. The number of nitrogen functional groups attached to an aromatic ring is 1. The number of nitrogens with one attached hydrogen (secondary N) is 2. The van der Waals surface area contributed by atoms with E-state index in [0.29, 0.717) is 23.4 Å². The van der Waals surface area contributed by atoms with E-state index in [4.69, 9.17) is 5.73 Å². The smallest absolute Gasteiger partial charge is 0.273 e. The van der Waals surface area contributed by atoms with Gasteiger partial charge in [0.05, 0.1) is 11.9 Å². The molecule has 2 amide bonds. The van der Waals surface area contributed by atoms with Crippen molar-refractivity contribution in [1.82, 2.24) is 20.6 Å². The van der Waals surface area contributed by atoms with Gasteiger partial charge in [-0.15, -0.1) is 0 Å². The van der Waals surface area contributed by atoms with E-state index >= 15 is 0 Å². The Morgan fingerprint density at radius 2 is 1.80 bits per heavy atom. The Morgan fingerprint density at radius 1 is 1.07 bits per heavy atom. The zero-order chi connectivity index (χ0) is 21.7. The molecular weight excluding hydrogens is 380 g/mol. The van der Waals surface area contributed by atoms with E-state index < -0.39 is 5.91 Å². The van der Waals surface area contributed by atoms with Crippen molar-refractivity contribution in [3.8, 4) is 11.3 Å². The summed E-state index contributed by atoms with van der Waals surface area (Å²) < 4.78 is 0. The zero-order valence-corrected chi connectivity index (χ0v) is 17.1. The highest BCUT2D eigenvalue weighted by Crippen LogP contribution is 2.20. The molecule has 3 rings (SSSR count). The Bertz CT molecular complexity index is 1060. The second-order valence-electron chi connectivity index (χ2n) is 6.89. The molecule has 4 N–H and O–H groups in total. The van der Waals surface area contributed by atoms with Crippen LogP contribution in [-0.4, -0.2) is 42.9 Å². The van der Waals surface area contributed by atoms with Crippen LogP contribution < -0.4 is 21.3 Å². The molecule has 1 aromatic heterocycles. The van der Waals surface area contributed by atoms with Gasteiger partial charge in [-0.25, -0.2) is 9.97 Å². The molecule has 30 heavy (non-hydrogen) atoms. The number of nitrogens with two attached hydrogens (primary N) is 1. The summed E-state index contributed by atoms with van der Waals surface area (Å²) in [5, 5.41) is 5.40. The first kappa shape index (κ1) is 20.8. The highest BCUT2D eigenvalue weighted by molar-refractivity contribution is 5.97. The van der Waals surface area contributed by atoms with Gasteiger partial charge in [0.1, 0.15) is 0 Å². The number of rotatable bonds is 6. The first-order valence-corrected chi connectivity index (χ1v) is 9.38. The fraction of sp³-hybridized carbons (Fsp3) is 0.182. The van der Waals surface area contributed by atoms with Crippen LogP contribution in [-0.2, 0) is 6.54 Å². The summed E-state index contributed by atoms with van der Waals surface area (Å²) in [4.78, 5) is 34.9. The second kappa shape index (κ2) is 9.04. The van der Waals surface area contributed by atoms with Crippen molar-refractivity contribution in [2.45, 2.75) is 6.54 Å². The van der Waals surface area contributed by atoms with Gasteiger partial charge in [0, 0.05) is 44.5 Å². The lowest BCUT2D eigenvalue weighted by Gasteiger charge is -2.13. The molecule has 8 nitrogen and oxygen atoms in total. The number of amides is 2. The molecule has 0 aliphatic carbocycles. The Labute approximate surface area is 175 Å². The molecule has 2 aromatic carbocycles. The van der Waals surface area contributed by atoms with Gasteiger partial charge in [-0.05, 0) is 29.8 Å².